The summed E-state index contributed by atoms with van der Waals surface area (Å²) in [5.74, 6) is -1.01. The molecular formula is C17H18ClN3O3. The number of aromatic amines is 1. The Morgan fingerprint density at radius 1 is 1.46 bits per heavy atom. The van der Waals surface area contributed by atoms with Crippen LogP contribution in [0.25, 0.3) is 0 Å². The Morgan fingerprint density at radius 3 is 3.08 bits per heavy atom. The van der Waals surface area contributed by atoms with E-state index in [4.69, 9.17) is 16.3 Å². The lowest BCUT2D eigenvalue weighted by atomic mass is 9.88. The van der Waals surface area contributed by atoms with Crippen molar-refractivity contribution in [2.45, 2.75) is 26.2 Å². The highest BCUT2D eigenvalue weighted by Gasteiger charge is 2.27. The molecular weight excluding hydrogens is 330 g/mol. The monoisotopic (exact) mass is 347 g/mol. The molecule has 0 radical (unpaired) electrons. The highest BCUT2D eigenvalue weighted by atomic mass is 35.5. The predicted octanol–water partition coefficient (Wildman–Crippen LogP) is 2.66. The van der Waals surface area contributed by atoms with E-state index in [2.05, 4.69) is 15.5 Å². The maximum atomic E-state index is 12.1. The predicted molar refractivity (Wildman–Crippen MR) is 89.9 cm³/mol. The van der Waals surface area contributed by atoms with Gasteiger partial charge in [-0.15, -0.1) is 0 Å². The van der Waals surface area contributed by atoms with Crippen LogP contribution in [0.5, 0.6) is 0 Å². The number of esters is 1. The first-order valence-corrected chi connectivity index (χ1v) is 8.14. The standard InChI is InChI=1S/C17H18ClN3O3/c1-10-2-5-14(13(18)6-10)20-16(22)9-24-17(23)11-3-4-12-8-19-21-15(12)7-11/h2,5-6,8,11H,3-4,7,9H2,1H3,(H,19,21)(H,20,22)/t11-/m1/s1. The van der Waals surface area contributed by atoms with Crippen molar-refractivity contribution in [3.05, 3.63) is 46.2 Å². The van der Waals surface area contributed by atoms with Crippen LogP contribution in [0, 0.1) is 12.8 Å². The van der Waals surface area contributed by atoms with Gasteiger partial charge in [0, 0.05) is 12.1 Å². The van der Waals surface area contributed by atoms with Crippen molar-refractivity contribution in [2.75, 3.05) is 11.9 Å². The number of nitrogens with one attached hydrogen (secondary N) is 2. The summed E-state index contributed by atoms with van der Waals surface area (Å²) in [7, 11) is 0. The molecule has 1 aromatic carbocycles. The van der Waals surface area contributed by atoms with Crippen LogP contribution in [-0.4, -0.2) is 28.7 Å². The number of aromatic nitrogens is 2. The summed E-state index contributed by atoms with van der Waals surface area (Å²) < 4.78 is 5.14. The molecule has 1 atom stereocenters. The number of anilines is 1. The molecule has 0 fully saturated rings. The fourth-order valence-corrected chi connectivity index (χ4v) is 3.05. The van der Waals surface area contributed by atoms with Gasteiger partial charge >= 0.3 is 5.97 Å². The van der Waals surface area contributed by atoms with Gasteiger partial charge in [0.2, 0.25) is 0 Å². The smallest absolute Gasteiger partial charge is 0.309 e. The quantitative estimate of drug-likeness (QED) is 0.833. The van der Waals surface area contributed by atoms with E-state index in [1.54, 1.807) is 18.3 Å². The van der Waals surface area contributed by atoms with Gasteiger partial charge in [-0.2, -0.15) is 5.10 Å². The Morgan fingerprint density at radius 2 is 2.29 bits per heavy atom. The first kappa shape index (κ1) is 16.5. The zero-order valence-corrected chi connectivity index (χ0v) is 14.0. The van der Waals surface area contributed by atoms with Gasteiger partial charge in [0.25, 0.3) is 5.91 Å². The number of amides is 1. The summed E-state index contributed by atoms with van der Waals surface area (Å²) in [6, 6.07) is 5.32. The van der Waals surface area contributed by atoms with Crippen molar-refractivity contribution in [3.8, 4) is 0 Å². The third-order valence-corrected chi connectivity index (χ3v) is 4.41. The Labute approximate surface area is 144 Å². The fraction of sp³-hybridized carbons (Fsp3) is 0.353. The number of aryl methyl sites for hydroxylation is 2. The second-order valence-corrected chi connectivity index (χ2v) is 6.36. The van der Waals surface area contributed by atoms with E-state index in [-0.39, 0.29) is 18.5 Å². The number of halogens is 1. The Hall–Kier alpha value is -2.34. The lowest BCUT2D eigenvalue weighted by Gasteiger charge is -2.20. The van der Waals surface area contributed by atoms with Crippen LogP contribution in [0.15, 0.2) is 24.4 Å². The zero-order valence-electron chi connectivity index (χ0n) is 13.3. The van der Waals surface area contributed by atoms with Crippen LogP contribution in [0.1, 0.15) is 23.2 Å². The number of rotatable bonds is 4. The van der Waals surface area contributed by atoms with Gasteiger partial charge in [-0.05, 0) is 43.0 Å². The van der Waals surface area contributed by atoms with Crippen molar-refractivity contribution in [2.24, 2.45) is 5.92 Å². The largest absolute Gasteiger partial charge is 0.455 e. The molecule has 7 heteroatoms. The van der Waals surface area contributed by atoms with Gasteiger partial charge in [0.1, 0.15) is 0 Å². The van der Waals surface area contributed by atoms with E-state index in [9.17, 15) is 9.59 Å². The van der Waals surface area contributed by atoms with Gasteiger partial charge in [0.05, 0.1) is 22.8 Å². The van der Waals surface area contributed by atoms with E-state index in [1.807, 2.05) is 13.0 Å². The van der Waals surface area contributed by atoms with Crippen LogP contribution in [0.4, 0.5) is 5.69 Å². The number of hydrogen-bond donors (Lipinski definition) is 2. The lowest BCUT2D eigenvalue weighted by molar-refractivity contribution is -0.151. The maximum absolute atomic E-state index is 12.1. The average Bonchev–Trinajstić information content (AvgIpc) is 3.03. The van der Waals surface area contributed by atoms with Gasteiger partial charge in [-0.3, -0.25) is 14.7 Å². The molecule has 0 saturated heterocycles. The molecule has 2 aromatic rings. The van der Waals surface area contributed by atoms with Crippen LogP contribution in [0.3, 0.4) is 0 Å². The van der Waals surface area contributed by atoms with Crippen LogP contribution in [-0.2, 0) is 27.2 Å². The van der Waals surface area contributed by atoms with E-state index < -0.39 is 5.91 Å². The average molecular weight is 348 g/mol. The minimum absolute atomic E-state index is 0.242. The summed E-state index contributed by atoms with van der Waals surface area (Å²) >= 11 is 6.06. The van der Waals surface area contributed by atoms with Crippen LogP contribution >= 0.6 is 11.6 Å². The van der Waals surface area contributed by atoms with Crippen molar-refractivity contribution in [3.63, 3.8) is 0 Å². The molecule has 126 valence electrons. The molecule has 1 amide bonds. The summed E-state index contributed by atoms with van der Waals surface area (Å²) in [6.07, 6.45) is 3.85. The molecule has 0 saturated carbocycles. The number of carbonyl (C=O) groups excluding carboxylic acids is 2. The first-order valence-electron chi connectivity index (χ1n) is 7.76. The van der Waals surface area contributed by atoms with Crippen molar-refractivity contribution < 1.29 is 14.3 Å². The topological polar surface area (TPSA) is 84.1 Å². The molecule has 24 heavy (non-hydrogen) atoms. The lowest BCUT2D eigenvalue weighted by Crippen LogP contribution is -2.28. The molecule has 0 bridgehead atoms. The number of ether oxygens (including phenoxy) is 1. The Bertz CT molecular complexity index is 772. The van der Waals surface area contributed by atoms with Crippen LogP contribution < -0.4 is 5.32 Å². The molecule has 3 rings (SSSR count). The normalized spacial score (nSPS) is 16.3. The maximum Gasteiger partial charge on any atom is 0.309 e. The van der Waals surface area contributed by atoms with Gasteiger partial charge in [-0.1, -0.05) is 17.7 Å². The molecule has 1 aliphatic carbocycles. The number of nitrogens with zero attached hydrogens (tertiary/aromatic N) is 1. The highest BCUT2D eigenvalue weighted by Crippen LogP contribution is 2.25. The summed E-state index contributed by atoms with van der Waals surface area (Å²) in [4.78, 5) is 24.1. The van der Waals surface area contributed by atoms with E-state index in [0.29, 0.717) is 23.6 Å². The Kier molecular flexibility index (Phi) is 4.85. The van der Waals surface area contributed by atoms with E-state index in [1.165, 1.54) is 0 Å². The minimum Gasteiger partial charge on any atom is -0.455 e. The number of carbonyl (C=O) groups is 2. The molecule has 6 nitrogen and oxygen atoms in total. The third kappa shape index (κ3) is 3.76. The molecule has 0 unspecified atom stereocenters. The van der Waals surface area contributed by atoms with Gasteiger partial charge in [0.15, 0.2) is 6.61 Å². The van der Waals surface area contributed by atoms with Crippen LogP contribution in [0.2, 0.25) is 5.02 Å². The van der Waals surface area contributed by atoms with Crippen molar-refractivity contribution >= 4 is 29.2 Å². The summed E-state index contributed by atoms with van der Waals surface area (Å²) in [5.41, 5.74) is 3.62. The van der Waals surface area contributed by atoms with E-state index in [0.717, 1.165) is 23.2 Å². The third-order valence-electron chi connectivity index (χ3n) is 4.10. The fourth-order valence-electron chi connectivity index (χ4n) is 2.77. The first-order chi connectivity index (χ1) is 11.5. The second kappa shape index (κ2) is 7.05. The van der Waals surface area contributed by atoms with Gasteiger partial charge in [-0.25, -0.2) is 0 Å². The number of fused-ring (bicyclic) bond motifs is 1. The van der Waals surface area contributed by atoms with Crippen molar-refractivity contribution in [1.29, 1.82) is 0 Å². The molecule has 0 spiro atoms. The number of benzene rings is 1. The molecule has 1 aliphatic rings. The van der Waals surface area contributed by atoms with E-state index >= 15 is 0 Å². The molecule has 0 aliphatic heterocycles. The second-order valence-electron chi connectivity index (χ2n) is 5.95. The summed E-state index contributed by atoms with van der Waals surface area (Å²) in [5, 5.41) is 9.97. The molecule has 1 heterocycles. The number of H-pyrrole nitrogens is 1. The zero-order chi connectivity index (χ0) is 17.1. The van der Waals surface area contributed by atoms with Crippen molar-refractivity contribution in [1.82, 2.24) is 10.2 Å². The minimum atomic E-state index is -0.410. The Balaban J connectivity index is 1.50. The highest BCUT2D eigenvalue weighted by molar-refractivity contribution is 6.33. The SMILES string of the molecule is Cc1ccc(NC(=O)COC(=O)[C@@H]2CCc3cn[nH]c3C2)c(Cl)c1. The van der Waals surface area contributed by atoms with Gasteiger partial charge < -0.3 is 10.1 Å². The molecule has 1 aromatic heterocycles. The molecule has 2 N–H and O–H groups in total. The summed E-state index contributed by atoms with van der Waals surface area (Å²) in [6.45, 7) is 1.59. The number of hydrogen-bond acceptors (Lipinski definition) is 4.